The van der Waals surface area contributed by atoms with E-state index >= 15 is 0 Å². The predicted octanol–water partition coefficient (Wildman–Crippen LogP) is 1.63. The van der Waals surface area contributed by atoms with Crippen LogP contribution in [-0.4, -0.2) is 44.6 Å². The third-order valence-corrected chi connectivity index (χ3v) is 4.02. The number of hydrogen-bond donors (Lipinski definition) is 2. The van der Waals surface area contributed by atoms with Crippen LogP contribution in [0.25, 0.3) is 0 Å². The quantitative estimate of drug-likeness (QED) is 0.744. The first-order valence-electron chi connectivity index (χ1n) is 7.42. The van der Waals surface area contributed by atoms with Gasteiger partial charge in [-0.2, -0.15) is 0 Å². The molecule has 0 spiro atoms. The smallest absolute Gasteiger partial charge is 0.0587 e. The lowest BCUT2D eigenvalue weighted by molar-refractivity contribution is 0.136. The first kappa shape index (κ1) is 15.3. The highest BCUT2D eigenvalue weighted by Gasteiger charge is 2.25. The lowest BCUT2D eigenvalue weighted by atomic mass is 10.0. The Balaban J connectivity index is 1.82. The number of nitrogens with one attached hydrogen (secondary N) is 1. The van der Waals surface area contributed by atoms with Gasteiger partial charge in [-0.15, -0.1) is 0 Å². The first-order valence-corrected chi connectivity index (χ1v) is 7.42. The molecule has 4 heteroatoms. The minimum absolute atomic E-state index is 0.204. The van der Waals surface area contributed by atoms with E-state index in [4.69, 9.17) is 4.74 Å². The van der Waals surface area contributed by atoms with Crippen LogP contribution in [0, 0.1) is 5.92 Å². The summed E-state index contributed by atoms with van der Waals surface area (Å²) in [6, 6.07) is 8.70. The molecule has 0 bridgehead atoms. The van der Waals surface area contributed by atoms with E-state index in [-0.39, 0.29) is 6.10 Å². The molecule has 20 heavy (non-hydrogen) atoms. The maximum atomic E-state index is 9.66. The van der Waals surface area contributed by atoms with Gasteiger partial charge < -0.3 is 20.1 Å². The van der Waals surface area contributed by atoms with Crippen molar-refractivity contribution in [3.8, 4) is 0 Å². The van der Waals surface area contributed by atoms with Crippen LogP contribution in [0.2, 0.25) is 0 Å². The minimum Gasteiger partial charge on any atom is -0.393 e. The molecule has 1 fully saturated rings. The topological polar surface area (TPSA) is 44.7 Å². The number of aliphatic hydroxyl groups is 1. The van der Waals surface area contributed by atoms with E-state index in [2.05, 4.69) is 34.5 Å². The molecule has 0 aromatic heterocycles. The summed E-state index contributed by atoms with van der Waals surface area (Å²) in [6.45, 7) is 6.39. The third-order valence-electron chi connectivity index (χ3n) is 4.02. The van der Waals surface area contributed by atoms with E-state index in [0.29, 0.717) is 5.92 Å². The van der Waals surface area contributed by atoms with E-state index in [1.807, 2.05) is 6.92 Å². The monoisotopic (exact) mass is 278 g/mol. The van der Waals surface area contributed by atoms with E-state index in [9.17, 15) is 5.11 Å². The summed E-state index contributed by atoms with van der Waals surface area (Å²) in [5, 5.41) is 13.0. The first-order chi connectivity index (χ1) is 9.70. The van der Waals surface area contributed by atoms with Gasteiger partial charge in [-0.05, 0) is 31.0 Å². The fourth-order valence-electron chi connectivity index (χ4n) is 2.65. The van der Waals surface area contributed by atoms with Gasteiger partial charge in [0, 0.05) is 44.9 Å². The molecule has 2 N–H and O–H groups in total. The second-order valence-corrected chi connectivity index (χ2v) is 5.57. The third kappa shape index (κ3) is 4.20. The minimum atomic E-state index is -0.204. The predicted molar refractivity (Wildman–Crippen MR) is 82.0 cm³/mol. The van der Waals surface area contributed by atoms with Gasteiger partial charge in [-0.25, -0.2) is 0 Å². The lowest BCUT2D eigenvalue weighted by Gasteiger charge is -2.20. The molecule has 0 amide bonds. The average molecular weight is 278 g/mol. The van der Waals surface area contributed by atoms with Crippen LogP contribution in [0.1, 0.15) is 18.9 Å². The SMILES string of the molecule is COCCNCc1ccc(N2CCC(C(C)O)C2)cc1. The fourth-order valence-corrected chi connectivity index (χ4v) is 2.65. The van der Waals surface area contributed by atoms with Gasteiger partial charge in [-0.1, -0.05) is 12.1 Å². The standard InChI is InChI=1S/C16H26N2O2/c1-13(19)15-7-9-18(12-15)16-5-3-14(4-6-16)11-17-8-10-20-2/h3-6,13,15,17,19H,7-12H2,1-2H3. The van der Waals surface area contributed by atoms with Crippen molar-refractivity contribution in [2.45, 2.75) is 26.0 Å². The number of aliphatic hydroxyl groups excluding tert-OH is 1. The van der Waals surface area contributed by atoms with Crippen molar-refractivity contribution in [2.24, 2.45) is 5.92 Å². The summed E-state index contributed by atoms with van der Waals surface area (Å²) >= 11 is 0. The molecule has 1 heterocycles. The molecule has 4 nitrogen and oxygen atoms in total. The normalized spacial score (nSPS) is 20.4. The van der Waals surface area contributed by atoms with Crippen LogP contribution in [0.15, 0.2) is 24.3 Å². The number of methoxy groups -OCH3 is 1. The molecule has 1 aromatic carbocycles. The van der Waals surface area contributed by atoms with Gasteiger partial charge in [0.05, 0.1) is 12.7 Å². The van der Waals surface area contributed by atoms with Crippen molar-refractivity contribution in [2.75, 3.05) is 38.3 Å². The number of hydrogen-bond acceptors (Lipinski definition) is 4. The summed E-state index contributed by atoms with van der Waals surface area (Å²) in [4.78, 5) is 2.36. The van der Waals surface area contributed by atoms with Crippen molar-refractivity contribution in [1.82, 2.24) is 5.32 Å². The van der Waals surface area contributed by atoms with Gasteiger partial charge in [0.1, 0.15) is 0 Å². The van der Waals surface area contributed by atoms with Crippen molar-refractivity contribution in [1.29, 1.82) is 0 Å². The Morgan fingerprint density at radius 1 is 1.40 bits per heavy atom. The van der Waals surface area contributed by atoms with Crippen LogP contribution >= 0.6 is 0 Å². The number of nitrogens with zero attached hydrogens (tertiary/aromatic N) is 1. The molecule has 1 aromatic rings. The number of ether oxygens (including phenoxy) is 1. The molecule has 1 saturated heterocycles. The van der Waals surface area contributed by atoms with Crippen LogP contribution in [0.3, 0.4) is 0 Å². The Morgan fingerprint density at radius 2 is 2.15 bits per heavy atom. The zero-order chi connectivity index (χ0) is 14.4. The summed E-state index contributed by atoms with van der Waals surface area (Å²) in [5.41, 5.74) is 2.55. The highest BCUT2D eigenvalue weighted by atomic mass is 16.5. The summed E-state index contributed by atoms with van der Waals surface area (Å²) in [6.07, 6.45) is 0.877. The second-order valence-electron chi connectivity index (χ2n) is 5.57. The van der Waals surface area contributed by atoms with Crippen LogP contribution in [-0.2, 0) is 11.3 Å². The molecule has 0 aliphatic carbocycles. The Bertz CT molecular complexity index is 392. The Morgan fingerprint density at radius 3 is 2.75 bits per heavy atom. The van der Waals surface area contributed by atoms with Gasteiger partial charge in [0.2, 0.25) is 0 Å². The van der Waals surface area contributed by atoms with Gasteiger partial charge in [0.15, 0.2) is 0 Å². The Labute approximate surface area is 121 Å². The van der Waals surface area contributed by atoms with Crippen LogP contribution in [0.4, 0.5) is 5.69 Å². The number of anilines is 1. The lowest BCUT2D eigenvalue weighted by Crippen LogP contribution is -2.23. The van der Waals surface area contributed by atoms with E-state index in [0.717, 1.165) is 39.2 Å². The van der Waals surface area contributed by atoms with Gasteiger partial charge in [0.25, 0.3) is 0 Å². The van der Waals surface area contributed by atoms with E-state index < -0.39 is 0 Å². The number of benzene rings is 1. The molecule has 2 unspecified atom stereocenters. The fraction of sp³-hybridized carbons (Fsp3) is 0.625. The molecule has 2 rings (SSSR count). The Kier molecular flexibility index (Phi) is 5.83. The summed E-state index contributed by atoms with van der Waals surface area (Å²) in [5.74, 6) is 0.408. The molecular weight excluding hydrogens is 252 g/mol. The second kappa shape index (κ2) is 7.62. The molecule has 0 radical (unpaired) electrons. The zero-order valence-corrected chi connectivity index (χ0v) is 12.5. The molecule has 0 saturated carbocycles. The van der Waals surface area contributed by atoms with Crippen molar-refractivity contribution in [3.05, 3.63) is 29.8 Å². The Hall–Kier alpha value is -1.10. The molecule has 112 valence electrons. The zero-order valence-electron chi connectivity index (χ0n) is 12.5. The molecular formula is C16H26N2O2. The molecule has 1 aliphatic rings. The maximum absolute atomic E-state index is 9.66. The molecule has 2 atom stereocenters. The van der Waals surface area contributed by atoms with Gasteiger partial charge in [-0.3, -0.25) is 0 Å². The molecule has 1 aliphatic heterocycles. The summed E-state index contributed by atoms with van der Waals surface area (Å²) < 4.78 is 5.01. The highest BCUT2D eigenvalue weighted by molar-refractivity contribution is 5.48. The largest absolute Gasteiger partial charge is 0.393 e. The van der Waals surface area contributed by atoms with E-state index in [1.165, 1.54) is 11.3 Å². The van der Waals surface area contributed by atoms with Gasteiger partial charge >= 0.3 is 0 Å². The number of rotatable bonds is 7. The summed E-state index contributed by atoms with van der Waals surface area (Å²) in [7, 11) is 1.72. The average Bonchev–Trinajstić information content (AvgIpc) is 2.94. The maximum Gasteiger partial charge on any atom is 0.0587 e. The van der Waals surface area contributed by atoms with Crippen molar-refractivity contribution >= 4 is 5.69 Å². The van der Waals surface area contributed by atoms with Crippen LogP contribution < -0.4 is 10.2 Å². The van der Waals surface area contributed by atoms with Crippen molar-refractivity contribution in [3.63, 3.8) is 0 Å². The van der Waals surface area contributed by atoms with Crippen molar-refractivity contribution < 1.29 is 9.84 Å². The van der Waals surface area contributed by atoms with Crippen LogP contribution in [0.5, 0.6) is 0 Å². The van der Waals surface area contributed by atoms with E-state index in [1.54, 1.807) is 7.11 Å². The highest BCUT2D eigenvalue weighted by Crippen LogP contribution is 2.25.